The molecule has 1 heteroatoms. The molecule has 9 heavy (non-hydrogen) atoms. The first kappa shape index (κ1) is 7.07. The molecule has 0 amide bonds. The van der Waals surface area contributed by atoms with Crippen molar-refractivity contribution in [1.29, 1.82) is 0 Å². The second kappa shape index (κ2) is 3.89. The van der Waals surface area contributed by atoms with E-state index < -0.39 is 0 Å². The van der Waals surface area contributed by atoms with Gasteiger partial charge in [0.05, 0.1) is 0 Å². The van der Waals surface area contributed by atoms with Gasteiger partial charge in [0.1, 0.15) is 0 Å². The van der Waals surface area contributed by atoms with E-state index in [0.717, 1.165) is 6.42 Å². The smallest absolute Gasteiger partial charge is 0.0110 e. The highest BCUT2D eigenvalue weighted by atomic mass is 15.2. The van der Waals surface area contributed by atoms with E-state index >= 15 is 0 Å². The van der Waals surface area contributed by atoms with Crippen LogP contribution in [0.15, 0.2) is 0 Å². The maximum atomic E-state index is 3.80. The molecule has 53 valence electrons. The van der Waals surface area contributed by atoms with Crippen molar-refractivity contribution in [3.8, 4) is 0 Å². The quantitative estimate of drug-likeness (QED) is 0.400. The minimum absolute atomic E-state index is 1.11. The van der Waals surface area contributed by atoms with Crippen molar-refractivity contribution in [2.45, 2.75) is 25.7 Å². The van der Waals surface area contributed by atoms with Gasteiger partial charge < -0.3 is 4.90 Å². The lowest BCUT2D eigenvalue weighted by molar-refractivity contribution is 0.513. The molecule has 0 aromatic rings. The van der Waals surface area contributed by atoms with Crippen LogP contribution in [0.4, 0.5) is 0 Å². The van der Waals surface area contributed by atoms with E-state index in [2.05, 4.69) is 11.8 Å². The molecule has 1 aliphatic heterocycles. The summed E-state index contributed by atoms with van der Waals surface area (Å²) in [6.45, 7) is 7.84. The van der Waals surface area contributed by atoms with Crippen molar-refractivity contribution >= 4 is 0 Å². The minimum Gasteiger partial charge on any atom is -0.301 e. The van der Waals surface area contributed by atoms with Crippen LogP contribution >= 0.6 is 0 Å². The molecule has 1 radical (unpaired) electrons. The van der Waals surface area contributed by atoms with Gasteiger partial charge in [-0.25, -0.2) is 0 Å². The molecule has 1 aliphatic rings. The first-order chi connectivity index (χ1) is 4.43. The zero-order valence-electron chi connectivity index (χ0n) is 6.10. The number of hydrogen-bond acceptors (Lipinski definition) is 1. The summed E-state index contributed by atoms with van der Waals surface area (Å²) in [5.41, 5.74) is 0. The highest BCUT2D eigenvalue weighted by molar-refractivity contribution is 4.71. The van der Waals surface area contributed by atoms with E-state index in [1.54, 1.807) is 0 Å². The molecule has 1 fully saturated rings. The molecule has 0 aliphatic carbocycles. The molecule has 0 aromatic carbocycles. The third-order valence-electron chi connectivity index (χ3n) is 1.76. The summed E-state index contributed by atoms with van der Waals surface area (Å²) in [4.78, 5) is 2.48. The number of rotatable bonds is 5. The van der Waals surface area contributed by atoms with Gasteiger partial charge in [-0.15, -0.1) is 0 Å². The SMILES string of the molecule is [CH2]CCCCCN1CC1. The van der Waals surface area contributed by atoms with Gasteiger partial charge in [0.25, 0.3) is 0 Å². The van der Waals surface area contributed by atoms with Crippen molar-refractivity contribution < 1.29 is 0 Å². The molecule has 1 rings (SSSR count). The second-order valence-electron chi connectivity index (χ2n) is 2.76. The first-order valence-corrected chi connectivity index (χ1v) is 3.95. The van der Waals surface area contributed by atoms with Crippen molar-refractivity contribution in [3.05, 3.63) is 6.92 Å². The third-order valence-corrected chi connectivity index (χ3v) is 1.76. The van der Waals surface area contributed by atoms with E-state index in [-0.39, 0.29) is 0 Å². The van der Waals surface area contributed by atoms with Gasteiger partial charge in [-0.05, 0) is 13.0 Å². The van der Waals surface area contributed by atoms with E-state index in [4.69, 9.17) is 0 Å². The average molecular weight is 126 g/mol. The van der Waals surface area contributed by atoms with Crippen LogP contribution in [0.25, 0.3) is 0 Å². The fraction of sp³-hybridized carbons (Fsp3) is 0.875. The van der Waals surface area contributed by atoms with Crippen LogP contribution in [0, 0.1) is 6.92 Å². The largest absolute Gasteiger partial charge is 0.301 e. The zero-order chi connectivity index (χ0) is 6.53. The van der Waals surface area contributed by atoms with E-state index in [1.165, 1.54) is 38.9 Å². The lowest BCUT2D eigenvalue weighted by Crippen LogP contribution is -1.97. The van der Waals surface area contributed by atoms with Crippen LogP contribution in [0.3, 0.4) is 0 Å². The van der Waals surface area contributed by atoms with E-state index in [1.807, 2.05) is 0 Å². The summed E-state index contributed by atoms with van der Waals surface area (Å²) < 4.78 is 0. The van der Waals surface area contributed by atoms with Crippen molar-refractivity contribution in [2.24, 2.45) is 0 Å². The third kappa shape index (κ3) is 3.52. The van der Waals surface area contributed by atoms with Crippen LogP contribution < -0.4 is 0 Å². The zero-order valence-corrected chi connectivity index (χ0v) is 6.10. The minimum atomic E-state index is 1.11. The fourth-order valence-electron chi connectivity index (χ4n) is 0.983. The standard InChI is InChI=1S/C8H16N/c1-2-3-4-5-6-9-7-8-9/h1-8H2. The number of nitrogens with zero attached hydrogens (tertiary/aromatic N) is 1. The van der Waals surface area contributed by atoms with Crippen LogP contribution in [-0.4, -0.2) is 24.5 Å². The van der Waals surface area contributed by atoms with Gasteiger partial charge in [0.2, 0.25) is 0 Å². The van der Waals surface area contributed by atoms with Gasteiger partial charge >= 0.3 is 0 Å². The van der Waals surface area contributed by atoms with Gasteiger partial charge in [0, 0.05) is 13.1 Å². The Labute approximate surface area is 58.0 Å². The lowest BCUT2D eigenvalue weighted by atomic mass is 10.2. The van der Waals surface area contributed by atoms with E-state index in [9.17, 15) is 0 Å². The maximum absolute atomic E-state index is 3.80. The monoisotopic (exact) mass is 126 g/mol. The Kier molecular flexibility index (Phi) is 3.05. The summed E-state index contributed by atoms with van der Waals surface area (Å²) >= 11 is 0. The molecule has 1 nitrogen and oxygen atoms in total. The molecule has 1 saturated heterocycles. The molecule has 0 aromatic heterocycles. The van der Waals surface area contributed by atoms with Crippen LogP contribution in [0.2, 0.25) is 0 Å². The van der Waals surface area contributed by atoms with Gasteiger partial charge in [-0.2, -0.15) is 0 Å². The molecule has 0 atom stereocenters. The molecule has 0 spiro atoms. The summed E-state index contributed by atoms with van der Waals surface area (Å²) in [6, 6.07) is 0. The molecule has 0 saturated carbocycles. The number of hydrogen-bond donors (Lipinski definition) is 0. The molecule has 0 bridgehead atoms. The maximum Gasteiger partial charge on any atom is 0.0110 e. The van der Waals surface area contributed by atoms with Gasteiger partial charge in [-0.3, -0.25) is 0 Å². The Morgan fingerprint density at radius 3 is 2.44 bits per heavy atom. The average Bonchev–Trinajstić information content (AvgIpc) is 2.63. The summed E-state index contributed by atoms with van der Waals surface area (Å²) in [5, 5.41) is 0. The lowest BCUT2D eigenvalue weighted by Gasteiger charge is -1.97. The van der Waals surface area contributed by atoms with Crippen molar-refractivity contribution in [1.82, 2.24) is 4.90 Å². The summed E-state index contributed by atoms with van der Waals surface area (Å²) in [5.74, 6) is 0. The van der Waals surface area contributed by atoms with E-state index in [0.29, 0.717) is 0 Å². The first-order valence-electron chi connectivity index (χ1n) is 3.95. The molecular formula is C8H16N. The predicted molar refractivity (Wildman–Crippen MR) is 40.3 cm³/mol. The Hall–Kier alpha value is -0.0400. The van der Waals surface area contributed by atoms with Gasteiger partial charge in [0.15, 0.2) is 0 Å². The molecule has 0 N–H and O–H groups in total. The Balaban J connectivity index is 1.71. The highest BCUT2D eigenvalue weighted by Gasteiger charge is 2.14. The van der Waals surface area contributed by atoms with Crippen LogP contribution in [-0.2, 0) is 0 Å². The molecular weight excluding hydrogens is 110 g/mol. The highest BCUT2D eigenvalue weighted by Crippen LogP contribution is 2.06. The van der Waals surface area contributed by atoms with Crippen LogP contribution in [0.5, 0.6) is 0 Å². The Morgan fingerprint density at radius 2 is 1.89 bits per heavy atom. The van der Waals surface area contributed by atoms with Gasteiger partial charge in [-0.1, -0.05) is 26.2 Å². The van der Waals surface area contributed by atoms with Crippen molar-refractivity contribution in [3.63, 3.8) is 0 Å². The summed E-state index contributed by atoms with van der Waals surface area (Å²) in [6.07, 6.45) is 5.18. The summed E-state index contributed by atoms with van der Waals surface area (Å²) in [7, 11) is 0. The topological polar surface area (TPSA) is 3.01 Å². The predicted octanol–water partition coefficient (Wildman–Crippen LogP) is 1.70. The van der Waals surface area contributed by atoms with Crippen molar-refractivity contribution in [2.75, 3.05) is 19.6 Å². The molecule has 1 heterocycles. The Bertz CT molecular complexity index is 67.0. The number of unbranched alkanes of at least 4 members (excludes halogenated alkanes) is 3. The fourth-order valence-corrected chi connectivity index (χ4v) is 0.983. The Morgan fingerprint density at radius 1 is 1.11 bits per heavy atom. The molecule has 0 unspecified atom stereocenters. The normalized spacial score (nSPS) is 18.3. The second-order valence-corrected chi connectivity index (χ2v) is 2.76. The van der Waals surface area contributed by atoms with Crippen LogP contribution in [0.1, 0.15) is 25.7 Å².